The summed E-state index contributed by atoms with van der Waals surface area (Å²) in [5.74, 6) is 0. The maximum Gasteiger partial charge on any atom is 0.0860 e. The number of rotatable bonds is 4. The summed E-state index contributed by atoms with van der Waals surface area (Å²) in [6, 6.07) is 0. The second-order valence-corrected chi connectivity index (χ2v) is 5.36. The summed E-state index contributed by atoms with van der Waals surface area (Å²) in [4.78, 5) is 6.30. The smallest absolute Gasteiger partial charge is 0.0860 e. The summed E-state index contributed by atoms with van der Waals surface area (Å²) >= 11 is 0. The molecule has 5 heteroatoms. The van der Waals surface area contributed by atoms with Gasteiger partial charge in [-0.2, -0.15) is 0 Å². The first-order valence-electron chi connectivity index (χ1n) is 7.26. The van der Waals surface area contributed by atoms with Crippen molar-refractivity contribution in [2.75, 3.05) is 34.0 Å². The van der Waals surface area contributed by atoms with Crippen LogP contribution < -0.4 is 5.73 Å². The Morgan fingerprint density at radius 3 is 2.19 bits per heavy atom. The van der Waals surface area contributed by atoms with Crippen LogP contribution in [0.4, 0.5) is 4.39 Å². The number of halogens is 1. The number of nitrogens with zero attached hydrogens (tertiary/aromatic N) is 2. The number of ether oxygens (including phenoxy) is 1. The molecule has 2 aliphatic heterocycles. The van der Waals surface area contributed by atoms with Crippen LogP contribution in [0.5, 0.6) is 0 Å². The minimum Gasteiger partial charge on any atom is -0.390 e. The Morgan fingerprint density at radius 2 is 1.86 bits per heavy atom. The summed E-state index contributed by atoms with van der Waals surface area (Å²) in [5, 5.41) is 0. The molecule has 0 bridgehead atoms. The molecule has 2 N–H and O–H groups in total. The van der Waals surface area contributed by atoms with Gasteiger partial charge in [0.2, 0.25) is 0 Å². The van der Waals surface area contributed by atoms with Crippen molar-refractivity contribution in [2.24, 2.45) is 10.7 Å². The van der Waals surface area contributed by atoms with Gasteiger partial charge in [-0.05, 0) is 51.3 Å². The van der Waals surface area contributed by atoms with Crippen LogP contribution in [0.3, 0.4) is 0 Å². The first-order valence-corrected chi connectivity index (χ1v) is 7.26. The fourth-order valence-electron chi connectivity index (χ4n) is 2.93. The van der Waals surface area contributed by atoms with E-state index in [1.807, 2.05) is 14.0 Å². The highest BCUT2D eigenvalue weighted by molar-refractivity contribution is 5.54. The number of hydrogen-bond acceptors (Lipinski definition) is 3. The molecule has 0 saturated carbocycles. The Bertz CT molecular complexity index is 345. The van der Waals surface area contributed by atoms with E-state index in [-0.39, 0.29) is 0 Å². The molecule has 0 amide bonds. The molecule has 0 radical (unpaired) electrons. The third-order valence-electron chi connectivity index (χ3n) is 3.95. The highest BCUT2D eigenvalue weighted by Gasteiger charge is 2.43. The highest BCUT2D eigenvalue weighted by atomic mass is 19.1. The normalized spacial score (nSPS) is 19.2. The highest BCUT2D eigenvalue weighted by Crippen LogP contribution is 2.38. The molecule has 21 heavy (non-hydrogen) atoms. The number of nitrogens with two attached hydrogens (primary N) is 1. The second kappa shape index (κ2) is 10.5. The van der Waals surface area contributed by atoms with Gasteiger partial charge in [0.15, 0.2) is 0 Å². The molecular formula is C16H30FN3O. The number of hydrogen-bond donors (Lipinski definition) is 1. The van der Waals surface area contributed by atoms with Crippen LogP contribution >= 0.6 is 0 Å². The third kappa shape index (κ3) is 5.98. The molecule has 0 atom stereocenters. The van der Waals surface area contributed by atoms with Gasteiger partial charge in [-0.3, -0.25) is 9.29 Å². The Balaban J connectivity index is 0.000000358. The topological polar surface area (TPSA) is 50.9 Å². The number of aliphatic imine (C=N–C) groups is 1. The number of methoxy groups -OCH3 is 1. The van der Waals surface area contributed by atoms with E-state index in [0.717, 1.165) is 12.2 Å². The third-order valence-corrected chi connectivity index (χ3v) is 3.95. The molecule has 2 saturated heterocycles. The van der Waals surface area contributed by atoms with E-state index in [0.29, 0.717) is 18.4 Å². The average Bonchev–Trinajstić information content (AvgIpc) is 3.01. The Kier molecular flexibility index (Phi) is 9.91. The van der Waals surface area contributed by atoms with Crippen molar-refractivity contribution in [3.8, 4) is 0 Å². The van der Waals surface area contributed by atoms with Crippen molar-refractivity contribution in [2.45, 2.75) is 38.1 Å². The van der Waals surface area contributed by atoms with Crippen molar-refractivity contribution in [1.29, 1.82) is 0 Å². The second-order valence-electron chi connectivity index (χ2n) is 5.36. The zero-order valence-corrected chi connectivity index (χ0v) is 13.7. The quantitative estimate of drug-likeness (QED) is 0.493. The van der Waals surface area contributed by atoms with Gasteiger partial charge in [0.05, 0.1) is 25.8 Å². The summed E-state index contributed by atoms with van der Waals surface area (Å²) in [6.07, 6.45) is 6.69. The molecule has 0 aliphatic carbocycles. The van der Waals surface area contributed by atoms with Gasteiger partial charge < -0.3 is 10.5 Å². The van der Waals surface area contributed by atoms with Crippen molar-refractivity contribution in [1.82, 2.24) is 4.90 Å². The molecule has 0 aromatic heterocycles. The number of alkyl halides is 1. The Labute approximate surface area is 128 Å². The molecule has 4 nitrogen and oxygen atoms in total. The monoisotopic (exact) mass is 299 g/mol. The maximum absolute atomic E-state index is 9.50. The molecule has 2 fully saturated rings. The van der Waals surface area contributed by atoms with Crippen LogP contribution in [-0.2, 0) is 4.74 Å². The molecule has 0 unspecified atom stereocenters. The summed E-state index contributed by atoms with van der Waals surface area (Å²) in [7, 11) is 2.32. The largest absolute Gasteiger partial charge is 0.390 e. The lowest BCUT2D eigenvalue weighted by Crippen LogP contribution is -2.42. The van der Waals surface area contributed by atoms with Crippen molar-refractivity contribution >= 4 is 6.34 Å². The molecule has 0 spiro atoms. The van der Waals surface area contributed by atoms with Gasteiger partial charge in [0.1, 0.15) is 0 Å². The minimum absolute atomic E-state index is 0.467. The molecule has 2 aliphatic rings. The van der Waals surface area contributed by atoms with Gasteiger partial charge in [-0.1, -0.05) is 13.2 Å². The molecule has 0 aromatic rings. The van der Waals surface area contributed by atoms with E-state index in [9.17, 15) is 4.39 Å². The standard InChI is InChI=1S/C9H17NO.C6H10N2.CH3F/c1-11-8-9-4-2-6-10(9)7-3-5-9;1-5(2)6(3)8-4-7;1-2/h2-8H2,1H3;4H,1,3H2,2H3,(H2,7,8);1H3. The maximum atomic E-state index is 9.50. The molecule has 2 rings (SSSR count). The zero-order chi connectivity index (χ0) is 16.3. The predicted octanol–water partition coefficient (Wildman–Crippen LogP) is 2.91. The summed E-state index contributed by atoms with van der Waals surface area (Å²) < 4.78 is 14.8. The van der Waals surface area contributed by atoms with E-state index in [1.165, 1.54) is 45.1 Å². The van der Waals surface area contributed by atoms with Crippen molar-refractivity contribution in [3.63, 3.8) is 0 Å². The summed E-state index contributed by atoms with van der Waals surface area (Å²) in [5.41, 5.74) is 6.91. The van der Waals surface area contributed by atoms with Crippen LogP contribution in [0.15, 0.2) is 29.4 Å². The van der Waals surface area contributed by atoms with Crippen LogP contribution in [0.25, 0.3) is 0 Å². The first-order chi connectivity index (χ1) is 10.1. The average molecular weight is 299 g/mol. The number of fused-ring (bicyclic) bond motifs is 1. The van der Waals surface area contributed by atoms with E-state index in [4.69, 9.17) is 10.5 Å². The molecule has 122 valence electrons. The van der Waals surface area contributed by atoms with Crippen LogP contribution in [0.1, 0.15) is 32.6 Å². The molecular weight excluding hydrogens is 269 g/mol. The van der Waals surface area contributed by atoms with E-state index in [1.54, 1.807) is 0 Å². The Hall–Kier alpha value is -1.20. The molecule has 2 heterocycles. The van der Waals surface area contributed by atoms with Gasteiger partial charge in [0, 0.05) is 12.6 Å². The van der Waals surface area contributed by atoms with Crippen LogP contribution in [-0.4, -0.2) is 50.8 Å². The van der Waals surface area contributed by atoms with Crippen LogP contribution in [0, 0.1) is 0 Å². The van der Waals surface area contributed by atoms with E-state index in [2.05, 4.69) is 23.1 Å². The van der Waals surface area contributed by atoms with E-state index >= 15 is 0 Å². The van der Waals surface area contributed by atoms with Gasteiger partial charge in [0.25, 0.3) is 0 Å². The minimum atomic E-state index is 0.467. The first kappa shape index (κ1) is 19.8. The number of allylic oxidation sites excluding steroid dienone is 1. The lowest BCUT2D eigenvalue weighted by Gasteiger charge is -2.30. The Morgan fingerprint density at radius 1 is 1.33 bits per heavy atom. The fraction of sp³-hybridized carbons (Fsp3) is 0.688. The van der Waals surface area contributed by atoms with Gasteiger partial charge in [-0.25, -0.2) is 4.99 Å². The zero-order valence-electron chi connectivity index (χ0n) is 13.7. The lowest BCUT2D eigenvalue weighted by atomic mass is 9.95. The SMILES string of the molecule is C=C(C)C(=C)N=CN.CF.COCC12CCCN1CCC2. The molecule has 0 aromatic carbocycles. The van der Waals surface area contributed by atoms with Gasteiger partial charge in [-0.15, -0.1) is 0 Å². The van der Waals surface area contributed by atoms with Crippen LogP contribution in [0.2, 0.25) is 0 Å². The van der Waals surface area contributed by atoms with Gasteiger partial charge >= 0.3 is 0 Å². The van der Waals surface area contributed by atoms with Crippen molar-refractivity contribution in [3.05, 3.63) is 24.4 Å². The predicted molar refractivity (Wildman–Crippen MR) is 88.3 cm³/mol. The van der Waals surface area contributed by atoms with Crippen molar-refractivity contribution < 1.29 is 9.13 Å². The summed E-state index contributed by atoms with van der Waals surface area (Å²) in [6.45, 7) is 12.6. The van der Waals surface area contributed by atoms with E-state index < -0.39 is 0 Å². The fourth-order valence-corrected chi connectivity index (χ4v) is 2.93. The lowest BCUT2D eigenvalue weighted by molar-refractivity contribution is 0.0655.